The molecule has 22 heavy (non-hydrogen) atoms. The molecular formula is C21H36O. The van der Waals surface area contributed by atoms with Gasteiger partial charge in [-0.1, -0.05) is 63.3 Å². The van der Waals surface area contributed by atoms with Gasteiger partial charge in [0, 0.05) is 0 Å². The molecule has 0 saturated heterocycles. The maximum Gasteiger partial charge on any atom is 0.0617 e. The monoisotopic (exact) mass is 304 g/mol. The number of hydrogen-bond acceptors (Lipinski definition) is 1. The van der Waals surface area contributed by atoms with Gasteiger partial charge in [0.2, 0.25) is 0 Å². The molecule has 1 heteroatoms. The molecule has 0 bridgehead atoms. The van der Waals surface area contributed by atoms with Crippen LogP contribution >= 0.6 is 0 Å². The first-order chi connectivity index (χ1) is 10.4. The summed E-state index contributed by atoms with van der Waals surface area (Å²) >= 11 is 0. The molecule has 0 aromatic carbocycles. The predicted octanol–water partition coefficient (Wildman–Crippen LogP) is 5.75. The third-order valence-electron chi connectivity index (χ3n) is 6.73. The molecular weight excluding hydrogens is 268 g/mol. The molecule has 2 saturated carbocycles. The third kappa shape index (κ3) is 3.50. The Bertz CT molecular complexity index is 433. The van der Waals surface area contributed by atoms with E-state index < -0.39 is 0 Å². The van der Waals surface area contributed by atoms with Gasteiger partial charge in [0.05, 0.1) is 6.61 Å². The van der Waals surface area contributed by atoms with E-state index in [1.807, 2.05) is 6.08 Å². The smallest absolute Gasteiger partial charge is 0.0617 e. The second kappa shape index (κ2) is 7.34. The number of allylic oxidation sites excluding steroid dienone is 3. The lowest BCUT2D eigenvalue weighted by molar-refractivity contribution is -0.00498. The van der Waals surface area contributed by atoms with Crippen LogP contribution in [-0.2, 0) is 0 Å². The summed E-state index contributed by atoms with van der Waals surface area (Å²) in [7, 11) is 0. The Morgan fingerprint density at radius 2 is 1.82 bits per heavy atom. The zero-order valence-electron chi connectivity index (χ0n) is 15.4. The van der Waals surface area contributed by atoms with Gasteiger partial charge in [-0.2, -0.15) is 0 Å². The van der Waals surface area contributed by atoms with Crippen molar-refractivity contribution in [2.24, 2.45) is 29.1 Å². The molecule has 126 valence electrons. The standard InChI is InChI=1S/C21H36O/c1-15(11-13-22)14-18(4)20-17(3)9-10-19-16(2)8-6-7-12-21(19,20)5/h11,14,16-17,19-20,22H,6-10,12-13H2,1-5H3/b15-11+,18-14+/t16-,17?,19?,20?,21?/m1/s1. The van der Waals surface area contributed by atoms with Crippen LogP contribution in [0.25, 0.3) is 0 Å². The first-order valence-electron chi connectivity index (χ1n) is 9.36. The SMILES string of the molecule is CC(=C\CO)/C=C(\C)C1C(C)CCC2[C@H](C)CCCCC12C. The highest BCUT2D eigenvalue weighted by Gasteiger charge is 2.49. The van der Waals surface area contributed by atoms with Crippen molar-refractivity contribution in [1.29, 1.82) is 0 Å². The molecule has 2 aliphatic carbocycles. The van der Waals surface area contributed by atoms with Crippen LogP contribution in [0.1, 0.15) is 73.1 Å². The fourth-order valence-electron chi connectivity index (χ4n) is 5.89. The van der Waals surface area contributed by atoms with Gasteiger partial charge in [0.15, 0.2) is 0 Å². The molecule has 2 aliphatic rings. The summed E-state index contributed by atoms with van der Waals surface area (Å²) in [6, 6.07) is 0. The van der Waals surface area contributed by atoms with Crippen molar-refractivity contribution in [2.45, 2.75) is 73.1 Å². The van der Waals surface area contributed by atoms with E-state index in [1.165, 1.54) is 49.7 Å². The Labute approximate surface area is 137 Å². The van der Waals surface area contributed by atoms with Crippen LogP contribution in [0, 0.1) is 29.1 Å². The fraction of sp³-hybridized carbons (Fsp3) is 0.810. The summed E-state index contributed by atoms with van der Waals surface area (Å²) in [5.74, 6) is 3.25. The zero-order valence-corrected chi connectivity index (χ0v) is 15.4. The van der Waals surface area contributed by atoms with Crippen LogP contribution in [0.15, 0.2) is 23.3 Å². The van der Waals surface area contributed by atoms with Gasteiger partial charge in [0.1, 0.15) is 0 Å². The Hall–Kier alpha value is -0.560. The van der Waals surface area contributed by atoms with Crippen LogP contribution in [0.2, 0.25) is 0 Å². The van der Waals surface area contributed by atoms with Crippen LogP contribution < -0.4 is 0 Å². The topological polar surface area (TPSA) is 20.2 Å². The highest BCUT2D eigenvalue weighted by Crippen LogP contribution is 2.57. The molecule has 0 aromatic heterocycles. The van der Waals surface area contributed by atoms with Gasteiger partial charge >= 0.3 is 0 Å². The van der Waals surface area contributed by atoms with E-state index in [0.717, 1.165) is 17.8 Å². The zero-order chi connectivity index (χ0) is 16.3. The maximum absolute atomic E-state index is 9.12. The van der Waals surface area contributed by atoms with E-state index in [-0.39, 0.29) is 6.61 Å². The Balaban J connectivity index is 2.35. The van der Waals surface area contributed by atoms with Crippen LogP contribution in [-0.4, -0.2) is 11.7 Å². The van der Waals surface area contributed by atoms with Crippen molar-refractivity contribution in [1.82, 2.24) is 0 Å². The van der Waals surface area contributed by atoms with Crippen molar-refractivity contribution in [2.75, 3.05) is 6.61 Å². The Kier molecular flexibility index (Phi) is 5.94. The minimum absolute atomic E-state index is 0.146. The summed E-state index contributed by atoms with van der Waals surface area (Å²) < 4.78 is 0. The van der Waals surface area contributed by atoms with Crippen LogP contribution in [0.5, 0.6) is 0 Å². The largest absolute Gasteiger partial charge is 0.392 e. The first-order valence-corrected chi connectivity index (χ1v) is 9.36. The molecule has 0 aromatic rings. The third-order valence-corrected chi connectivity index (χ3v) is 6.73. The van der Waals surface area contributed by atoms with E-state index in [0.29, 0.717) is 11.3 Å². The molecule has 4 unspecified atom stereocenters. The molecule has 0 heterocycles. The minimum atomic E-state index is 0.146. The number of hydrogen-bond donors (Lipinski definition) is 1. The summed E-state index contributed by atoms with van der Waals surface area (Å²) in [4.78, 5) is 0. The molecule has 2 rings (SSSR count). The van der Waals surface area contributed by atoms with Crippen molar-refractivity contribution >= 4 is 0 Å². The Morgan fingerprint density at radius 1 is 1.09 bits per heavy atom. The van der Waals surface area contributed by atoms with Crippen molar-refractivity contribution in [3.63, 3.8) is 0 Å². The van der Waals surface area contributed by atoms with E-state index in [4.69, 9.17) is 5.11 Å². The van der Waals surface area contributed by atoms with E-state index in [1.54, 1.807) is 0 Å². The number of rotatable bonds is 3. The van der Waals surface area contributed by atoms with Crippen LogP contribution in [0.3, 0.4) is 0 Å². The van der Waals surface area contributed by atoms with E-state index in [9.17, 15) is 0 Å². The summed E-state index contributed by atoms with van der Waals surface area (Å²) in [5.41, 5.74) is 3.21. The van der Waals surface area contributed by atoms with Crippen molar-refractivity contribution in [3.05, 3.63) is 23.3 Å². The lowest BCUT2D eigenvalue weighted by atomic mass is 9.52. The molecule has 0 spiro atoms. The van der Waals surface area contributed by atoms with Gasteiger partial charge in [-0.3, -0.25) is 0 Å². The molecule has 1 nitrogen and oxygen atoms in total. The van der Waals surface area contributed by atoms with Gasteiger partial charge in [0.25, 0.3) is 0 Å². The number of fused-ring (bicyclic) bond motifs is 1. The minimum Gasteiger partial charge on any atom is -0.392 e. The molecule has 0 radical (unpaired) electrons. The quantitative estimate of drug-likeness (QED) is 0.658. The van der Waals surface area contributed by atoms with Crippen molar-refractivity contribution < 1.29 is 5.11 Å². The highest BCUT2D eigenvalue weighted by molar-refractivity contribution is 5.25. The van der Waals surface area contributed by atoms with Crippen molar-refractivity contribution in [3.8, 4) is 0 Å². The molecule has 0 amide bonds. The lowest BCUT2D eigenvalue weighted by Crippen LogP contribution is -2.45. The van der Waals surface area contributed by atoms with E-state index in [2.05, 4.69) is 40.7 Å². The molecule has 0 aliphatic heterocycles. The number of aliphatic hydroxyl groups excluding tert-OH is 1. The van der Waals surface area contributed by atoms with Gasteiger partial charge in [-0.15, -0.1) is 0 Å². The van der Waals surface area contributed by atoms with Crippen LogP contribution in [0.4, 0.5) is 0 Å². The first kappa shape index (κ1) is 17.8. The fourth-order valence-corrected chi connectivity index (χ4v) is 5.89. The molecule has 5 atom stereocenters. The lowest BCUT2D eigenvalue weighted by Gasteiger charge is -2.52. The average Bonchev–Trinajstić information content (AvgIpc) is 2.57. The second-order valence-corrected chi connectivity index (χ2v) is 8.39. The van der Waals surface area contributed by atoms with Gasteiger partial charge < -0.3 is 5.11 Å². The predicted molar refractivity (Wildman–Crippen MR) is 95.7 cm³/mol. The number of aliphatic hydroxyl groups is 1. The maximum atomic E-state index is 9.12. The second-order valence-electron chi connectivity index (χ2n) is 8.39. The average molecular weight is 305 g/mol. The summed E-state index contributed by atoms with van der Waals surface area (Å²) in [6.07, 6.45) is 12.7. The highest BCUT2D eigenvalue weighted by atomic mass is 16.2. The normalized spacial score (nSPS) is 41.0. The molecule has 1 N–H and O–H groups in total. The summed E-state index contributed by atoms with van der Waals surface area (Å²) in [5, 5.41) is 9.12. The van der Waals surface area contributed by atoms with Gasteiger partial charge in [-0.05, 0) is 62.2 Å². The summed E-state index contributed by atoms with van der Waals surface area (Å²) in [6.45, 7) is 12.1. The van der Waals surface area contributed by atoms with E-state index >= 15 is 0 Å². The Morgan fingerprint density at radius 3 is 2.50 bits per heavy atom. The molecule has 2 fully saturated rings. The van der Waals surface area contributed by atoms with Gasteiger partial charge in [-0.25, -0.2) is 0 Å².